The van der Waals surface area contributed by atoms with Crippen LogP contribution < -0.4 is 5.32 Å². The van der Waals surface area contributed by atoms with Gasteiger partial charge in [-0.15, -0.1) is 22.7 Å². The lowest BCUT2D eigenvalue weighted by Gasteiger charge is -2.01. The number of carbonyl (C=O) groups is 1. The van der Waals surface area contributed by atoms with Crippen molar-refractivity contribution in [2.75, 3.05) is 5.32 Å². The average molecular weight is 351 g/mol. The van der Waals surface area contributed by atoms with E-state index in [2.05, 4.69) is 15.3 Å². The number of hydrogen-bond acceptors (Lipinski definition) is 5. The minimum atomic E-state index is -0.171. The van der Waals surface area contributed by atoms with Crippen LogP contribution in [-0.4, -0.2) is 15.9 Å². The zero-order valence-corrected chi connectivity index (χ0v) is 14.4. The Morgan fingerprint density at radius 2 is 1.88 bits per heavy atom. The fraction of sp³-hybridized carbons (Fsp3) is 0.0556. The standard InChI is InChI=1S/C18H13N3OS2/c1-11-19-14-7-6-12(10-16(14)23-11)20-17(22)8-9-18-21-13-4-2-3-5-15(13)24-18/h2-10H,1H3,(H,20,22). The minimum Gasteiger partial charge on any atom is -0.322 e. The van der Waals surface area contributed by atoms with Crippen LogP contribution in [0.4, 0.5) is 5.69 Å². The molecule has 0 saturated carbocycles. The van der Waals surface area contributed by atoms with Gasteiger partial charge >= 0.3 is 0 Å². The quantitative estimate of drug-likeness (QED) is 0.536. The third kappa shape index (κ3) is 3.06. The summed E-state index contributed by atoms with van der Waals surface area (Å²) in [5, 5.41) is 4.71. The van der Waals surface area contributed by atoms with E-state index in [1.807, 2.05) is 49.4 Å². The second-order valence-corrected chi connectivity index (χ2v) is 7.55. The van der Waals surface area contributed by atoms with Crippen LogP contribution in [0.15, 0.2) is 48.5 Å². The summed E-state index contributed by atoms with van der Waals surface area (Å²) in [5.74, 6) is -0.171. The number of anilines is 1. The first kappa shape index (κ1) is 15.0. The Kier molecular flexibility index (Phi) is 3.84. The number of carbonyl (C=O) groups excluding carboxylic acids is 1. The molecule has 4 aromatic rings. The van der Waals surface area contributed by atoms with Crippen LogP contribution in [0.1, 0.15) is 10.0 Å². The van der Waals surface area contributed by atoms with Gasteiger partial charge in [0.25, 0.3) is 0 Å². The highest BCUT2D eigenvalue weighted by Crippen LogP contribution is 2.25. The van der Waals surface area contributed by atoms with Gasteiger partial charge in [-0.05, 0) is 43.3 Å². The Bertz CT molecular complexity index is 1050. The van der Waals surface area contributed by atoms with E-state index in [9.17, 15) is 4.79 Å². The number of aryl methyl sites for hydroxylation is 1. The Morgan fingerprint density at radius 1 is 1.04 bits per heavy atom. The van der Waals surface area contributed by atoms with Crippen molar-refractivity contribution in [1.82, 2.24) is 9.97 Å². The summed E-state index contributed by atoms with van der Waals surface area (Å²) in [5.41, 5.74) is 2.68. The number of hydrogen-bond donors (Lipinski definition) is 1. The summed E-state index contributed by atoms with van der Waals surface area (Å²) in [4.78, 5) is 21.0. The lowest BCUT2D eigenvalue weighted by Crippen LogP contribution is -2.07. The van der Waals surface area contributed by atoms with Crippen molar-refractivity contribution < 1.29 is 4.79 Å². The predicted octanol–water partition coefficient (Wildman–Crippen LogP) is 4.87. The van der Waals surface area contributed by atoms with Crippen molar-refractivity contribution in [3.63, 3.8) is 0 Å². The highest BCUT2D eigenvalue weighted by Gasteiger charge is 2.04. The van der Waals surface area contributed by atoms with Crippen molar-refractivity contribution in [1.29, 1.82) is 0 Å². The molecule has 118 valence electrons. The van der Waals surface area contributed by atoms with Crippen LogP contribution in [0.25, 0.3) is 26.5 Å². The fourth-order valence-corrected chi connectivity index (χ4v) is 4.15. The Balaban J connectivity index is 1.50. The van der Waals surface area contributed by atoms with Gasteiger partial charge in [0.05, 0.1) is 25.4 Å². The summed E-state index contributed by atoms with van der Waals surface area (Å²) in [7, 11) is 0. The van der Waals surface area contributed by atoms with E-state index in [0.29, 0.717) is 0 Å². The van der Waals surface area contributed by atoms with Crippen LogP contribution in [0.2, 0.25) is 0 Å². The molecule has 0 spiro atoms. The molecule has 4 nitrogen and oxygen atoms in total. The summed E-state index contributed by atoms with van der Waals surface area (Å²) in [6.07, 6.45) is 3.26. The van der Waals surface area contributed by atoms with E-state index in [-0.39, 0.29) is 5.91 Å². The van der Waals surface area contributed by atoms with Crippen molar-refractivity contribution in [2.45, 2.75) is 6.92 Å². The number of rotatable bonds is 3. The van der Waals surface area contributed by atoms with Crippen molar-refractivity contribution in [2.24, 2.45) is 0 Å². The SMILES string of the molecule is Cc1nc2ccc(NC(=O)C=Cc3nc4ccccc4s3)cc2s1. The Morgan fingerprint density at radius 3 is 2.75 bits per heavy atom. The number of nitrogens with one attached hydrogen (secondary N) is 1. The highest BCUT2D eigenvalue weighted by atomic mass is 32.1. The van der Waals surface area contributed by atoms with Crippen LogP contribution in [0.3, 0.4) is 0 Å². The lowest BCUT2D eigenvalue weighted by molar-refractivity contribution is -0.111. The third-order valence-corrected chi connectivity index (χ3v) is 5.39. The van der Waals surface area contributed by atoms with Gasteiger partial charge in [-0.1, -0.05) is 12.1 Å². The zero-order chi connectivity index (χ0) is 16.5. The summed E-state index contributed by atoms with van der Waals surface area (Å²) in [6.45, 7) is 1.98. The number of aromatic nitrogens is 2. The molecular weight excluding hydrogens is 338 g/mol. The number of benzene rings is 2. The van der Waals surface area contributed by atoms with Crippen LogP contribution in [-0.2, 0) is 4.79 Å². The molecule has 0 saturated heterocycles. The lowest BCUT2D eigenvalue weighted by atomic mass is 10.3. The normalized spacial score (nSPS) is 11.5. The van der Waals surface area contributed by atoms with Crippen LogP contribution in [0, 0.1) is 6.92 Å². The van der Waals surface area contributed by atoms with E-state index in [0.717, 1.165) is 36.1 Å². The number of para-hydroxylation sites is 1. The molecule has 2 aromatic carbocycles. The van der Waals surface area contributed by atoms with Gasteiger partial charge < -0.3 is 5.32 Å². The average Bonchev–Trinajstić information content (AvgIpc) is 3.14. The van der Waals surface area contributed by atoms with Gasteiger partial charge in [0, 0.05) is 11.8 Å². The molecule has 1 N–H and O–H groups in total. The number of nitrogens with zero attached hydrogens (tertiary/aromatic N) is 2. The molecule has 0 bridgehead atoms. The third-order valence-electron chi connectivity index (χ3n) is 3.45. The van der Waals surface area contributed by atoms with Gasteiger partial charge in [0.1, 0.15) is 5.01 Å². The summed E-state index contributed by atoms with van der Waals surface area (Å²) < 4.78 is 2.18. The monoisotopic (exact) mass is 351 g/mol. The van der Waals surface area contributed by atoms with E-state index >= 15 is 0 Å². The molecule has 0 aliphatic rings. The Hall–Kier alpha value is -2.57. The second kappa shape index (κ2) is 6.14. The molecule has 2 aromatic heterocycles. The Labute approximate surface area is 146 Å². The molecule has 24 heavy (non-hydrogen) atoms. The molecule has 4 rings (SSSR count). The highest BCUT2D eigenvalue weighted by molar-refractivity contribution is 7.19. The maximum Gasteiger partial charge on any atom is 0.248 e. The first-order chi connectivity index (χ1) is 11.7. The maximum absolute atomic E-state index is 12.1. The largest absolute Gasteiger partial charge is 0.322 e. The molecule has 6 heteroatoms. The predicted molar refractivity (Wildman–Crippen MR) is 102 cm³/mol. The number of thiazole rings is 2. The van der Waals surface area contributed by atoms with Crippen LogP contribution >= 0.6 is 22.7 Å². The molecule has 0 aliphatic heterocycles. The van der Waals surface area contributed by atoms with Gasteiger partial charge in [-0.25, -0.2) is 9.97 Å². The van der Waals surface area contributed by atoms with E-state index in [1.165, 1.54) is 6.08 Å². The molecule has 0 radical (unpaired) electrons. The maximum atomic E-state index is 12.1. The molecule has 0 fully saturated rings. The molecular formula is C18H13N3OS2. The molecule has 0 unspecified atom stereocenters. The molecule has 1 amide bonds. The fourth-order valence-electron chi connectivity index (χ4n) is 2.41. The van der Waals surface area contributed by atoms with Gasteiger partial charge in [-0.3, -0.25) is 4.79 Å². The van der Waals surface area contributed by atoms with Crippen molar-refractivity contribution in [3.8, 4) is 0 Å². The molecule has 0 atom stereocenters. The van der Waals surface area contributed by atoms with E-state index in [1.54, 1.807) is 28.7 Å². The summed E-state index contributed by atoms with van der Waals surface area (Å²) in [6, 6.07) is 13.7. The first-order valence-electron chi connectivity index (χ1n) is 7.39. The van der Waals surface area contributed by atoms with Crippen molar-refractivity contribution in [3.05, 3.63) is 58.6 Å². The minimum absolute atomic E-state index is 0.171. The van der Waals surface area contributed by atoms with Gasteiger partial charge in [0.2, 0.25) is 5.91 Å². The number of fused-ring (bicyclic) bond motifs is 2. The number of amides is 1. The molecule has 2 heterocycles. The summed E-state index contributed by atoms with van der Waals surface area (Å²) >= 11 is 3.18. The first-order valence-corrected chi connectivity index (χ1v) is 9.02. The smallest absolute Gasteiger partial charge is 0.248 e. The van der Waals surface area contributed by atoms with Crippen LogP contribution in [0.5, 0.6) is 0 Å². The van der Waals surface area contributed by atoms with E-state index in [4.69, 9.17) is 0 Å². The second-order valence-electron chi connectivity index (χ2n) is 5.26. The topological polar surface area (TPSA) is 54.9 Å². The molecule has 0 aliphatic carbocycles. The zero-order valence-electron chi connectivity index (χ0n) is 12.8. The van der Waals surface area contributed by atoms with Gasteiger partial charge in [0.15, 0.2) is 0 Å². The van der Waals surface area contributed by atoms with Gasteiger partial charge in [-0.2, -0.15) is 0 Å². The van der Waals surface area contributed by atoms with Crippen molar-refractivity contribution >= 4 is 60.8 Å². The van der Waals surface area contributed by atoms with E-state index < -0.39 is 0 Å².